The molecule has 0 aliphatic carbocycles. The molecule has 0 atom stereocenters. The molecule has 1 aromatic carbocycles. The Kier molecular flexibility index (Phi) is 5.71. The van der Waals surface area contributed by atoms with Crippen molar-refractivity contribution >= 4 is 16.9 Å². The summed E-state index contributed by atoms with van der Waals surface area (Å²) >= 11 is 0. The number of fused-ring (bicyclic) bond motifs is 1. The van der Waals surface area contributed by atoms with E-state index >= 15 is 0 Å². The Bertz CT molecular complexity index is 809. The standard InChI is InChI=1S/C18H24F3N5O/c1-12(2)26-15-4-3-13(11-14(15)24-17(26)18(19,20)21)16(27)23-7-10-25-8-5-22-6-9-25/h3-4,11-12,22H,5-10H2,1-2H3,(H,23,27). The summed E-state index contributed by atoms with van der Waals surface area (Å²) in [6, 6.07) is 4.10. The molecule has 3 rings (SSSR count). The zero-order valence-corrected chi connectivity index (χ0v) is 15.4. The fourth-order valence-corrected chi connectivity index (χ4v) is 3.33. The van der Waals surface area contributed by atoms with Gasteiger partial charge in [0.05, 0.1) is 11.0 Å². The third kappa shape index (κ3) is 4.41. The Morgan fingerprint density at radius 2 is 2.00 bits per heavy atom. The van der Waals surface area contributed by atoms with Gasteiger partial charge in [-0.1, -0.05) is 0 Å². The summed E-state index contributed by atoms with van der Waals surface area (Å²) in [6.07, 6.45) is -4.55. The summed E-state index contributed by atoms with van der Waals surface area (Å²) in [5.41, 5.74) is 0.852. The predicted molar refractivity (Wildman–Crippen MR) is 96.8 cm³/mol. The summed E-state index contributed by atoms with van der Waals surface area (Å²) in [6.45, 7) is 8.33. The minimum atomic E-state index is -4.55. The van der Waals surface area contributed by atoms with Gasteiger partial charge < -0.3 is 15.2 Å². The zero-order chi connectivity index (χ0) is 19.6. The number of carbonyl (C=O) groups is 1. The van der Waals surface area contributed by atoms with Crippen molar-refractivity contribution in [2.45, 2.75) is 26.1 Å². The van der Waals surface area contributed by atoms with Gasteiger partial charge in [0.1, 0.15) is 0 Å². The first kappa shape index (κ1) is 19.6. The summed E-state index contributed by atoms with van der Waals surface area (Å²) in [4.78, 5) is 18.3. The number of aromatic nitrogens is 2. The van der Waals surface area contributed by atoms with Crippen molar-refractivity contribution in [1.82, 2.24) is 25.1 Å². The molecule has 2 N–H and O–H groups in total. The first-order valence-corrected chi connectivity index (χ1v) is 9.08. The number of nitrogens with one attached hydrogen (secondary N) is 2. The van der Waals surface area contributed by atoms with Crippen molar-refractivity contribution in [2.24, 2.45) is 0 Å². The largest absolute Gasteiger partial charge is 0.449 e. The number of benzene rings is 1. The smallest absolute Gasteiger partial charge is 0.351 e. The average molecular weight is 383 g/mol. The van der Waals surface area contributed by atoms with Crippen molar-refractivity contribution < 1.29 is 18.0 Å². The number of hydrogen-bond acceptors (Lipinski definition) is 4. The van der Waals surface area contributed by atoms with Crippen LogP contribution in [-0.2, 0) is 6.18 Å². The van der Waals surface area contributed by atoms with E-state index in [4.69, 9.17) is 0 Å². The molecule has 9 heteroatoms. The zero-order valence-electron chi connectivity index (χ0n) is 15.4. The number of alkyl halides is 3. The van der Waals surface area contributed by atoms with Crippen LogP contribution in [0.3, 0.4) is 0 Å². The van der Waals surface area contributed by atoms with Crippen LogP contribution in [0.25, 0.3) is 11.0 Å². The van der Waals surface area contributed by atoms with Gasteiger partial charge in [-0.3, -0.25) is 9.69 Å². The van der Waals surface area contributed by atoms with Gasteiger partial charge in [-0.15, -0.1) is 0 Å². The van der Waals surface area contributed by atoms with Gasteiger partial charge in [0, 0.05) is 50.9 Å². The Labute approximate surface area is 155 Å². The highest BCUT2D eigenvalue weighted by atomic mass is 19.4. The van der Waals surface area contributed by atoms with Crippen molar-refractivity contribution in [3.8, 4) is 0 Å². The molecule has 1 amide bonds. The van der Waals surface area contributed by atoms with Crippen LogP contribution in [0.5, 0.6) is 0 Å². The SMILES string of the molecule is CC(C)n1c(C(F)(F)F)nc2cc(C(=O)NCCN3CCNCC3)ccc21. The molecule has 1 aliphatic rings. The lowest BCUT2D eigenvalue weighted by molar-refractivity contribution is -0.147. The quantitative estimate of drug-likeness (QED) is 0.832. The van der Waals surface area contributed by atoms with E-state index in [9.17, 15) is 18.0 Å². The number of nitrogens with zero attached hydrogens (tertiary/aromatic N) is 3. The average Bonchev–Trinajstić information content (AvgIpc) is 3.02. The van der Waals surface area contributed by atoms with Crippen molar-refractivity contribution in [2.75, 3.05) is 39.3 Å². The summed E-state index contributed by atoms with van der Waals surface area (Å²) in [5.74, 6) is -1.25. The van der Waals surface area contributed by atoms with Crippen molar-refractivity contribution in [3.05, 3.63) is 29.6 Å². The second-order valence-electron chi connectivity index (χ2n) is 6.95. The van der Waals surface area contributed by atoms with Crippen molar-refractivity contribution in [1.29, 1.82) is 0 Å². The second-order valence-corrected chi connectivity index (χ2v) is 6.95. The number of amides is 1. The molecule has 0 unspecified atom stereocenters. The number of piperazine rings is 1. The molecule has 1 aromatic heterocycles. The number of halogens is 3. The second kappa shape index (κ2) is 7.85. The van der Waals surface area contributed by atoms with E-state index in [1.165, 1.54) is 12.1 Å². The van der Waals surface area contributed by atoms with E-state index in [1.54, 1.807) is 19.9 Å². The molecule has 1 saturated heterocycles. The summed E-state index contributed by atoms with van der Waals surface area (Å²) in [5, 5.41) is 6.09. The lowest BCUT2D eigenvalue weighted by Crippen LogP contribution is -2.46. The van der Waals surface area contributed by atoms with E-state index in [0.29, 0.717) is 17.6 Å². The molecule has 1 fully saturated rings. The normalized spacial score (nSPS) is 16.2. The van der Waals surface area contributed by atoms with Gasteiger partial charge >= 0.3 is 6.18 Å². The molecule has 0 bridgehead atoms. The van der Waals surface area contributed by atoms with Gasteiger partial charge in [0.25, 0.3) is 5.91 Å². The number of hydrogen-bond donors (Lipinski definition) is 2. The maximum Gasteiger partial charge on any atom is 0.449 e. The third-order valence-corrected chi connectivity index (χ3v) is 4.64. The van der Waals surface area contributed by atoms with Gasteiger partial charge in [0.2, 0.25) is 5.82 Å². The third-order valence-electron chi connectivity index (χ3n) is 4.64. The Balaban J connectivity index is 1.74. The van der Waals surface area contributed by atoms with Crippen LogP contribution in [0, 0.1) is 0 Å². The summed E-state index contributed by atoms with van der Waals surface area (Å²) < 4.78 is 41.0. The summed E-state index contributed by atoms with van der Waals surface area (Å²) in [7, 11) is 0. The molecule has 0 radical (unpaired) electrons. The van der Waals surface area contributed by atoms with Crippen LogP contribution >= 0.6 is 0 Å². The van der Waals surface area contributed by atoms with Crippen molar-refractivity contribution in [3.63, 3.8) is 0 Å². The maximum absolute atomic E-state index is 13.3. The van der Waals surface area contributed by atoms with Gasteiger partial charge in [-0.2, -0.15) is 13.2 Å². The van der Waals surface area contributed by atoms with E-state index in [-0.39, 0.29) is 11.4 Å². The van der Waals surface area contributed by atoms with Gasteiger partial charge in [-0.05, 0) is 32.0 Å². The van der Waals surface area contributed by atoms with E-state index in [2.05, 4.69) is 20.5 Å². The highest BCUT2D eigenvalue weighted by Gasteiger charge is 2.38. The first-order chi connectivity index (χ1) is 12.8. The van der Waals surface area contributed by atoms with Gasteiger partial charge in [0.15, 0.2) is 0 Å². The molecule has 2 aromatic rings. The first-order valence-electron chi connectivity index (χ1n) is 9.08. The highest BCUT2D eigenvalue weighted by Crippen LogP contribution is 2.33. The molecule has 0 spiro atoms. The van der Waals surface area contributed by atoms with Crippen LogP contribution in [0.15, 0.2) is 18.2 Å². The molecule has 6 nitrogen and oxygen atoms in total. The fourth-order valence-electron chi connectivity index (χ4n) is 3.33. The molecule has 27 heavy (non-hydrogen) atoms. The molecular weight excluding hydrogens is 359 g/mol. The Morgan fingerprint density at radius 1 is 1.30 bits per heavy atom. The topological polar surface area (TPSA) is 62.2 Å². The van der Waals surface area contributed by atoms with Crippen LogP contribution in [0.1, 0.15) is 36.1 Å². The molecule has 148 valence electrons. The number of imidazole rings is 1. The lowest BCUT2D eigenvalue weighted by atomic mass is 10.2. The highest BCUT2D eigenvalue weighted by molar-refractivity contribution is 5.97. The van der Waals surface area contributed by atoms with E-state index in [0.717, 1.165) is 37.3 Å². The monoisotopic (exact) mass is 383 g/mol. The molecule has 0 saturated carbocycles. The Morgan fingerprint density at radius 3 is 2.63 bits per heavy atom. The van der Waals surface area contributed by atoms with E-state index < -0.39 is 18.0 Å². The molecule has 2 heterocycles. The minimum Gasteiger partial charge on any atom is -0.351 e. The lowest BCUT2D eigenvalue weighted by Gasteiger charge is -2.27. The van der Waals surface area contributed by atoms with Crippen LogP contribution in [0.4, 0.5) is 13.2 Å². The molecule has 1 aliphatic heterocycles. The van der Waals surface area contributed by atoms with E-state index in [1.807, 2.05) is 0 Å². The van der Waals surface area contributed by atoms with Crippen LogP contribution < -0.4 is 10.6 Å². The fraction of sp³-hybridized carbons (Fsp3) is 0.556. The number of carbonyl (C=O) groups excluding carboxylic acids is 1. The predicted octanol–water partition coefficient (Wildman–Crippen LogP) is 2.27. The minimum absolute atomic E-state index is 0.172. The van der Waals surface area contributed by atoms with Crippen LogP contribution in [0.2, 0.25) is 0 Å². The molecular formula is C18H24F3N5O. The van der Waals surface area contributed by atoms with Crippen LogP contribution in [-0.4, -0.2) is 59.6 Å². The maximum atomic E-state index is 13.3. The van der Waals surface area contributed by atoms with Gasteiger partial charge in [-0.25, -0.2) is 4.98 Å². The Hall–Kier alpha value is -2.13. The number of rotatable bonds is 5.